The summed E-state index contributed by atoms with van der Waals surface area (Å²) in [6, 6.07) is -1.01. The molecule has 0 fully saturated rings. The monoisotopic (exact) mass is 918 g/mol. The van der Waals surface area contributed by atoms with E-state index >= 15 is 0 Å². The summed E-state index contributed by atoms with van der Waals surface area (Å²) in [5.74, 6) is -0.591. The number of carbonyl (C=O) groups is 1. The Morgan fingerprint density at radius 1 is 0.369 bits per heavy atom. The SMILES string of the molecule is CCCCCCCCCCCCCC/C=C/CC/C=C/CCCC(O)C(O)C(CO)NC(=O)C(O)CCCCCCCCCCCCCCCCCCCCCCCCCCCCCC. The lowest BCUT2D eigenvalue weighted by atomic mass is 10.00. The molecule has 1 amide bonds. The number of amides is 1. The predicted octanol–water partition coefficient (Wildman–Crippen LogP) is 17.0. The maximum atomic E-state index is 12.6. The van der Waals surface area contributed by atoms with Gasteiger partial charge in [-0.2, -0.15) is 0 Å². The molecule has 65 heavy (non-hydrogen) atoms. The van der Waals surface area contributed by atoms with Crippen LogP contribution in [-0.4, -0.2) is 57.3 Å². The van der Waals surface area contributed by atoms with E-state index in [0.717, 1.165) is 38.5 Å². The van der Waals surface area contributed by atoms with Gasteiger partial charge in [0.05, 0.1) is 18.8 Å². The molecule has 0 aliphatic carbocycles. The standard InChI is InChI=1S/C59H115NO5/c1-3-5-7-9-11-13-15-17-19-21-23-25-26-27-28-29-30-31-33-35-37-39-41-43-45-47-49-51-53-57(63)59(65)60-55(54-61)58(64)56(62)52-50-48-46-44-42-40-38-36-34-32-24-22-20-18-16-14-12-10-8-6-4-2/h36,38,44,46,55-58,61-64H,3-35,37,39-43,45,47-54H2,1-2H3,(H,60,65)/b38-36+,46-44+. The van der Waals surface area contributed by atoms with Crippen LogP contribution in [0.25, 0.3) is 0 Å². The zero-order valence-electron chi connectivity index (χ0n) is 43.8. The van der Waals surface area contributed by atoms with Gasteiger partial charge in [0.2, 0.25) is 5.91 Å². The van der Waals surface area contributed by atoms with Gasteiger partial charge in [-0.25, -0.2) is 0 Å². The van der Waals surface area contributed by atoms with E-state index in [1.165, 1.54) is 244 Å². The van der Waals surface area contributed by atoms with Crippen LogP contribution in [-0.2, 0) is 4.79 Å². The van der Waals surface area contributed by atoms with Gasteiger partial charge in [0.1, 0.15) is 12.2 Å². The van der Waals surface area contributed by atoms with E-state index in [9.17, 15) is 25.2 Å². The van der Waals surface area contributed by atoms with Gasteiger partial charge >= 0.3 is 0 Å². The lowest BCUT2D eigenvalue weighted by Gasteiger charge is -2.27. The molecule has 4 unspecified atom stereocenters. The number of unbranched alkanes of at least 4 members (excludes halogenated alkanes) is 41. The number of hydrogen-bond acceptors (Lipinski definition) is 5. The van der Waals surface area contributed by atoms with Crippen molar-refractivity contribution in [2.75, 3.05) is 6.61 Å². The first-order valence-corrected chi connectivity index (χ1v) is 29.2. The van der Waals surface area contributed by atoms with Crippen molar-refractivity contribution in [1.29, 1.82) is 0 Å². The number of hydrogen-bond donors (Lipinski definition) is 5. The van der Waals surface area contributed by atoms with Crippen molar-refractivity contribution in [2.45, 2.75) is 340 Å². The molecule has 5 N–H and O–H groups in total. The molecular formula is C59H115NO5. The second-order valence-electron chi connectivity index (χ2n) is 20.3. The average molecular weight is 919 g/mol. The van der Waals surface area contributed by atoms with Gasteiger partial charge < -0.3 is 25.7 Å². The second kappa shape index (κ2) is 53.7. The van der Waals surface area contributed by atoms with E-state index in [1.54, 1.807) is 0 Å². The molecule has 0 rings (SSSR count). The van der Waals surface area contributed by atoms with E-state index < -0.39 is 36.9 Å². The maximum absolute atomic E-state index is 12.6. The molecule has 0 aliphatic heterocycles. The first-order valence-electron chi connectivity index (χ1n) is 29.2. The van der Waals surface area contributed by atoms with Gasteiger partial charge in [0.25, 0.3) is 0 Å². The highest BCUT2D eigenvalue weighted by Gasteiger charge is 2.28. The number of carbonyl (C=O) groups excluding carboxylic acids is 1. The zero-order valence-corrected chi connectivity index (χ0v) is 43.8. The van der Waals surface area contributed by atoms with Crippen molar-refractivity contribution in [2.24, 2.45) is 0 Å². The summed E-state index contributed by atoms with van der Waals surface area (Å²) in [7, 11) is 0. The summed E-state index contributed by atoms with van der Waals surface area (Å²) in [6.07, 6.45) is 65.4. The Morgan fingerprint density at radius 3 is 0.969 bits per heavy atom. The minimum absolute atomic E-state index is 0.365. The fourth-order valence-electron chi connectivity index (χ4n) is 9.31. The molecule has 0 aromatic rings. The molecule has 0 aromatic carbocycles. The normalized spacial score (nSPS) is 13.9. The van der Waals surface area contributed by atoms with Crippen LogP contribution in [0, 0.1) is 0 Å². The predicted molar refractivity (Wildman–Crippen MR) is 284 cm³/mol. The van der Waals surface area contributed by atoms with Crippen LogP contribution in [0.2, 0.25) is 0 Å². The Labute approximate surface area is 405 Å². The molecule has 0 heterocycles. The summed E-state index contributed by atoms with van der Waals surface area (Å²) in [6.45, 7) is 4.08. The van der Waals surface area contributed by atoms with Crippen molar-refractivity contribution >= 4 is 5.91 Å². The van der Waals surface area contributed by atoms with E-state index in [2.05, 4.69) is 43.5 Å². The van der Waals surface area contributed by atoms with Gasteiger partial charge in [0, 0.05) is 0 Å². The Hall–Kier alpha value is -1.21. The van der Waals surface area contributed by atoms with Crippen LogP contribution in [0.4, 0.5) is 0 Å². The lowest BCUT2D eigenvalue weighted by Crippen LogP contribution is -2.53. The molecule has 0 spiro atoms. The number of nitrogens with one attached hydrogen (secondary N) is 1. The quantitative estimate of drug-likeness (QED) is 0.0308. The van der Waals surface area contributed by atoms with Crippen molar-refractivity contribution in [3.05, 3.63) is 24.3 Å². The van der Waals surface area contributed by atoms with Crippen molar-refractivity contribution in [1.82, 2.24) is 5.32 Å². The third-order valence-electron chi connectivity index (χ3n) is 13.9. The number of allylic oxidation sites excluding steroid dienone is 4. The smallest absolute Gasteiger partial charge is 0.249 e. The maximum Gasteiger partial charge on any atom is 0.249 e. The first-order chi connectivity index (χ1) is 32.0. The molecule has 0 radical (unpaired) electrons. The summed E-state index contributed by atoms with van der Waals surface area (Å²) < 4.78 is 0. The van der Waals surface area contributed by atoms with Crippen molar-refractivity contribution < 1.29 is 25.2 Å². The van der Waals surface area contributed by atoms with E-state index in [4.69, 9.17) is 0 Å². The summed E-state index contributed by atoms with van der Waals surface area (Å²) in [5.41, 5.74) is 0. The zero-order chi connectivity index (χ0) is 47.4. The molecule has 0 saturated carbocycles. The minimum Gasteiger partial charge on any atom is -0.394 e. The van der Waals surface area contributed by atoms with Crippen LogP contribution < -0.4 is 5.32 Å². The highest BCUT2D eigenvalue weighted by Crippen LogP contribution is 2.18. The molecule has 386 valence electrons. The molecule has 6 nitrogen and oxygen atoms in total. The van der Waals surface area contributed by atoms with E-state index in [1.807, 2.05) is 0 Å². The summed E-state index contributed by atoms with van der Waals surface area (Å²) in [4.78, 5) is 12.6. The average Bonchev–Trinajstić information content (AvgIpc) is 3.31. The molecular weight excluding hydrogens is 803 g/mol. The van der Waals surface area contributed by atoms with Gasteiger partial charge in [-0.1, -0.05) is 289 Å². The largest absolute Gasteiger partial charge is 0.394 e. The van der Waals surface area contributed by atoms with Crippen molar-refractivity contribution in [3.63, 3.8) is 0 Å². The van der Waals surface area contributed by atoms with Crippen LogP contribution >= 0.6 is 0 Å². The van der Waals surface area contributed by atoms with Crippen molar-refractivity contribution in [3.8, 4) is 0 Å². The highest BCUT2D eigenvalue weighted by molar-refractivity contribution is 5.80. The van der Waals surface area contributed by atoms with E-state index in [0.29, 0.717) is 19.3 Å². The van der Waals surface area contributed by atoms with Gasteiger partial charge in [-0.15, -0.1) is 0 Å². The third kappa shape index (κ3) is 47.6. The number of aliphatic hydroxyl groups is 4. The van der Waals surface area contributed by atoms with Crippen LogP contribution in [0.15, 0.2) is 24.3 Å². The third-order valence-corrected chi connectivity index (χ3v) is 13.9. The second-order valence-corrected chi connectivity index (χ2v) is 20.3. The summed E-state index contributed by atoms with van der Waals surface area (Å²) >= 11 is 0. The van der Waals surface area contributed by atoms with Crippen LogP contribution in [0.1, 0.15) is 316 Å². The Bertz CT molecular complexity index is 986. The molecule has 0 saturated heterocycles. The fourth-order valence-corrected chi connectivity index (χ4v) is 9.31. The van der Waals surface area contributed by atoms with Gasteiger partial charge in [-0.3, -0.25) is 4.79 Å². The van der Waals surface area contributed by atoms with E-state index in [-0.39, 0.29) is 0 Å². The molecule has 0 aromatic heterocycles. The van der Waals surface area contributed by atoms with Crippen LogP contribution in [0.3, 0.4) is 0 Å². The number of aliphatic hydroxyl groups excluding tert-OH is 4. The van der Waals surface area contributed by atoms with Gasteiger partial charge in [0.15, 0.2) is 0 Å². The molecule has 4 atom stereocenters. The summed E-state index contributed by atoms with van der Waals surface area (Å²) in [5, 5.41) is 44.0. The van der Waals surface area contributed by atoms with Crippen LogP contribution in [0.5, 0.6) is 0 Å². The van der Waals surface area contributed by atoms with Gasteiger partial charge in [-0.05, 0) is 51.4 Å². The fraction of sp³-hybridized carbons (Fsp3) is 0.915. The Morgan fingerprint density at radius 2 is 0.646 bits per heavy atom. The number of rotatable bonds is 54. The molecule has 0 bridgehead atoms. The highest BCUT2D eigenvalue weighted by atomic mass is 16.3. The minimum atomic E-state index is -1.29. The Kier molecular flexibility index (Phi) is 52.7. The first kappa shape index (κ1) is 63.8. The Balaban J connectivity index is 3.63. The lowest BCUT2D eigenvalue weighted by molar-refractivity contribution is -0.132. The molecule has 0 aliphatic rings. The molecule has 6 heteroatoms. The topological polar surface area (TPSA) is 110 Å².